The van der Waals surface area contributed by atoms with Crippen LogP contribution in [0, 0.1) is 6.92 Å². The lowest BCUT2D eigenvalue weighted by Crippen LogP contribution is -2.37. The zero-order valence-electron chi connectivity index (χ0n) is 20.2. The number of fused-ring (bicyclic) bond motifs is 3. The third kappa shape index (κ3) is 5.13. The minimum absolute atomic E-state index is 0.0160. The molecule has 0 bridgehead atoms. The number of benzene rings is 2. The third-order valence-corrected chi connectivity index (χ3v) is 6.62. The fourth-order valence-electron chi connectivity index (χ4n) is 4.85. The van der Waals surface area contributed by atoms with Gasteiger partial charge in [-0.05, 0) is 62.9 Å². The predicted molar refractivity (Wildman–Crippen MR) is 130 cm³/mol. The molecule has 0 radical (unpaired) electrons. The Morgan fingerprint density at radius 1 is 1.00 bits per heavy atom. The van der Waals surface area contributed by atoms with Crippen LogP contribution in [0.1, 0.15) is 55.6 Å². The van der Waals surface area contributed by atoms with Crippen LogP contribution in [0.2, 0.25) is 0 Å². The maximum Gasteiger partial charge on any atom is 0.416 e. The van der Waals surface area contributed by atoms with Gasteiger partial charge in [0.1, 0.15) is 24.4 Å². The topological polar surface area (TPSA) is 91.5 Å². The number of halogens is 3. The maximum absolute atomic E-state index is 13.3. The molecule has 0 spiro atoms. The summed E-state index contributed by atoms with van der Waals surface area (Å²) in [5, 5.41) is 3.94. The van der Waals surface area contributed by atoms with E-state index in [4.69, 9.17) is 19.9 Å². The lowest BCUT2D eigenvalue weighted by atomic mass is 9.94. The molecule has 3 aromatic rings. The summed E-state index contributed by atoms with van der Waals surface area (Å²) in [6.45, 7) is 4.40. The number of nitrogen functional groups attached to an aromatic ring is 1. The number of nitrogens with one attached hydrogen (secondary N) is 1. The van der Waals surface area contributed by atoms with Gasteiger partial charge >= 0.3 is 6.18 Å². The van der Waals surface area contributed by atoms with Crippen molar-refractivity contribution in [3.05, 3.63) is 47.3 Å². The van der Waals surface area contributed by atoms with E-state index in [0.29, 0.717) is 52.8 Å². The van der Waals surface area contributed by atoms with Crippen molar-refractivity contribution in [2.45, 2.75) is 64.0 Å². The van der Waals surface area contributed by atoms with Gasteiger partial charge in [0, 0.05) is 17.1 Å². The summed E-state index contributed by atoms with van der Waals surface area (Å²) < 4.78 is 58.4. The molecule has 5 rings (SSSR count). The summed E-state index contributed by atoms with van der Waals surface area (Å²) in [6.07, 6.45) is -0.536. The van der Waals surface area contributed by atoms with Gasteiger partial charge in [-0.15, -0.1) is 0 Å². The fourth-order valence-corrected chi connectivity index (χ4v) is 4.85. The second kappa shape index (κ2) is 9.65. The Bertz CT molecular complexity index is 1270. The highest BCUT2D eigenvalue weighted by molar-refractivity contribution is 5.92. The van der Waals surface area contributed by atoms with Gasteiger partial charge in [-0.2, -0.15) is 13.2 Å². The van der Waals surface area contributed by atoms with Gasteiger partial charge in [0.25, 0.3) is 0 Å². The van der Waals surface area contributed by atoms with Crippen molar-refractivity contribution in [2.75, 3.05) is 24.3 Å². The first-order valence-corrected chi connectivity index (χ1v) is 12.1. The van der Waals surface area contributed by atoms with Crippen molar-refractivity contribution >= 4 is 22.4 Å². The summed E-state index contributed by atoms with van der Waals surface area (Å²) >= 11 is 0. The van der Waals surface area contributed by atoms with Crippen LogP contribution in [0.3, 0.4) is 0 Å². The number of alkyl halides is 3. The van der Waals surface area contributed by atoms with Crippen molar-refractivity contribution in [1.82, 2.24) is 9.97 Å². The Morgan fingerprint density at radius 2 is 1.78 bits per heavy atom. The Kier molecular flexibility index (Phi) is 6.55. The lowest BCUT2D eigenvalue weighted by Gasteiger charge is -2.31. The van der Waals surface area contributed by atoms with Gasteiger partial charge in [-0.25, -0.2) is 9.97 Å². The number of rotatable bonds is 3. The molecular formula is C26H29F3N4O3. The summed E-state index contributed by atoms with van der Waals surface area (Å²) in [4.78, 5) is 9.11. The third-order valence-electron chi connectivity index (χ3n) is 6.62. The van der Waals surface area contributed by atoms with Crippen LogP contribution in [0.5, 0.6) is 11.5 Å². The van der Waals surface area contributed by atoms with Crippen LogP contribution in [-0.2, 0) is 10.9 Å². The molecule has 2 aromatic carbocycles. The van der Waals surface area contributed by atoms with E-state index in [0.717, 1.165) is 37.8 Å². The number of ether oxygens (including phenoxy) is 3. The molecular weight excluding hydrogens is 473 g/mol. The van der Waals surface area contributed by atoms with Crippen molar-refractivity contribution in [3.63, 3.8) is 0 Å². The van der Waals surface area contributed by atoms with Crippen LogP contribution in [0.25, 0.3) is 10.9 Å². The van der Waals surface area contributed by atoms with Gasteiger partial charge in [-0.3, -0.25) is 0 Å². The molecule has 0 unspecified atom stereocenters. The highest BCUT2D eigenvalue weighted by Crippen LogP contribution is 2.39. The molecule has 1 aliphatic carbocycles. The number of nitrogens with zero attached hydrogens (tertiary/aromatic N) is 2. The number of hydrogen-bond donors (Lipinski definition) is 2. The lowest BCUT2D eigenvalue weighted by molar-refractivity contribution is -0.137. The zero-order valence-corrected chi connectivity index (χ0v) is 20.2. The minimum Gasteiger partial charge on any atom is -0.487 e. The zero-order chi connectivity index (χ0) is 25.4. The molecule has 2 aliphatic rings. The molecule has 1 aliphatic heterocycles. The van der Waals surface area contributed by atoms with Gasteiger partial charge < -0.3 is 25.3 Å². The van der Waals surface area contributed by atoms with E-state index in [2.05, 4.69) is 15.3 Å². The standard InChI is InChI=1S/C26H29F3N4O3/c1-14(16-9-17(26(27,28)29)11-18(30)10-16)31-25-19-12-24-23(13-20(19)32-15(2)33-25)35-8-7-34-21-5-3-4-6-22(21)36-24/h9-14,21-22H,3-8,30H2,1-2H3,(H,31,32,33)/t14-,21-,22+/m1/s1. The average molecular weight is 503 g/mol. The Morgan fingerprint density at radius 3 is 2.56 bits per heavy atom. The molecule has 1 fully saturated rings. The van der Waals surface area contributed by atoms with Crippen molar-refractivity contribution in [3.8, 4) is 11.5 Å². The average Bonchev–Trinajstić information content (AvgIpc) is 2.90. The van der Waals surface area contributed by atoms with Gasteiger partial charge in [0.15, 0.2) is 11.5 Å². The molecule has 3 atom stereocenters. The van der Waals surface area contributed by atoms with E-state index in [1.807, 2.05) is 12.1 Å². The number of aryl methyl sites for hydroxylation is 1. The first-order valence-electron chi connectivity index (χ1n) is 12.1. The van der Waals surface area contributed by atoms with Crippen molar-refractivity contribution in [1.29, 1.82) is 0 Å². The van der Waals surface area contributed by atoms with E-state index in [1.165, 1.54) is 6.07 Å². The second-order valence-electron chi connectivity index (χ2n) is 9.39. The summed E-state index contributed by atoms with van der Waals surface area (Å²) in [5.74, 6) is 2.17. The van der Waals surface area contributed by atoms with Crippen LogP contribution >= 0.6 is 0 Å². The normalized spacial score (nSPS) is 21.1. The highest BCUT2D eigenvalue weighted by Gasteiger charge is 2.32. The smallest absolute Gasteiger partial charge is 0.416 e. The van der Waals surface area contributed by atoms with Crippen LogP contribution in [0.15, 0.2) is 30.3 Å². The summed E-state index contributed by atoms with van der Waals surface area (Å²) in [5.41, 5.74) is 6.08. The predicted octanol–water partition coefficient (Wildman–Crippen LogP) is 5.81. The van der Waals surface area contributed by atoms with Crippen molar-refractivity contribution in [2.24, 2.45) is 0 Å². The first kappa shape index (κ1) is 24.4. The van der Waals surface area contributed by atoms with Crippen molar-refractivity contribution < 1.29 is 27.4 Å². The number of aromatic nitrogens is 2. The van der Waals surface area contributed by atoms with Crippen LogP contribution < -0.4 is 20.5 Å². The van der Waals surface area contributed by atoms with Gasteiger partial charge in [0.05, 0.1) is 29.8 Å². The molecule has 0 saturated heterocycles. The summed E-state index contributed by atoms with van der Waals surface area (Å²) in [7, 11) is 0. The molecule has 36 heavy (non-hydrogen) atoms. The van der Waals surface area contributed by atoms with Gasteiger partial charge in [0.2, 0.25) is 0 Å². The summed E-state index contributed by atoms with van der Waals surface area (Å²) in [6, 6.07) is 6.72. The minimum atomic E-state index is -4.49. The second-order valence-corrected chi connectivity index (χ2v) is 9.39. The Hall–Kier alpha value is -3.27. The molecule has 10 heteroatoms. The quantitative estimate of drug-likeness (QED) is 0.437. The largest absolute Gasteiger partial charge is 0.487 e. The molecule has 2 heterocycles. The first-order chi connectivity index (χ1) is 17.2. The number of anilines is 2. The Balaban J connectivity index is 1.52. The SMILES string of the molecule is Cc1nc(N[C@H](C)c2cc(N)cc(C(F)(F)F)c2)c2cc3c(cc2n1)OCCO[C@@H]1CCCC[C@@H]1O3. The van der Waals surface area contributed by atoms with E-state index in [1.54, 1.807) is 13.8 Å². The molecule has 1 aromatic heterocycles. The number of hydrogen-bond acceptors (Lipinski definition) is 7. The molecule has 3 N–H and O–H groups in total. The Labute approximate surface area is 207 Å². The molecule has 0 amide bonds. The van der Waals surface area contributed by atoms with Crippen LogP contribution in [-0.4, -0.2) is 35.4 Å². The van der Waals surface area contributed by atoms with Crippen LogP contribution in [0.4, 0.5) is 24.7 Å². The fraction of sp³-hybridized carbons (Fsp3) is 0.462. The monoisotopic (exact) mass is 502 g/mol. The molecule has 1 saturated carbocycles. The number of nitrogens with two attached hydrogens (primary N) is 1. The van der Waals surface area contributed by atoms with E-state index < -0.39 is 17.8 Å². The van der Waals surface area contributed by atoms with E-state index in [-0.39, 0.29) is 17.9 Å². The van der Waals surface area contributed by atoms with Gasteiger partial charge in [-0.1, -0.05) is 6.42 Å². The molecule has 7 nitrogen and oxygen atoms in total. The van der Waals surface area contributed by atoms with E-state index in [9.17, 15) is 13.2 Å². The van der Waals surface area contributed by atoms with E-state index >= 15 is 0 Å². The molecule has 192 valence electrons. The highest BCUT2D eigenvalue weighted by atomic mass is 19.4. The maximum atomic E-state index is 13.3.